The first-order valence-electron chi connectivity index (χ1n) is 9.78. The molecule has 0 saturated carbocycles. The van der Waals surface area contributed by atoms with Crippen molar-refractivity contribution in [2.75, 3.05) is 45.0 Å². The zero-order valence-electron chi connectivity index (χ0n) is 16.6. The summed E-state index contributed by atoms with van der Waals surface area (Å²) in [4.78, 5) is 14.2. The lowest BCUT2D eigenvalue weighted by atomic mass is 10.1. The summed E-state index contributed by atoms with van der Waals surface area (Å²) in [5, 5.41) is 6.34. The van der Waals surface area contributed by atoms with Crippen LogP contribution in [-0.2, 0) is 11.2 Å². The average Bonchev–Trinajstić information content (AvgIpc) is 2.69. The first-order valence-corrected chi connectivity index (χ1v) is 9.78. The molecule has 0 atom stereocenters. The molecule has 1 aliphatic heterocycles. The van der Waals surface area contributed by atoms with E-state index in [0.29, 0.717) is 6.42 Å². The Hall–Kier alpha value is -1.59. The highest BCUT2D eigenvalue weighted by atomic mass is 16.1. The molecule has 5 heteroatoms. The number of benzene rings is 1. The summed E-state index contributed by atoms with van der Waals surface area (Å²) >= 11 is 0. The van der Waals surface area contributed by atoms with Gasteiger partial charge in [-0.25, -0.2) is 0 Å². The molecule has 0 unspecified atom stereocenters. The quantitative estimate of drug-likeness (QED) is 0.522. The minimum absolute atomic E-state index is 0.132. The van der Waals surface area contributed by atoms with Crippen molar-refractivity contribution in [3.8, 4) is 0 Å². The summed E-state index contributed by atoms with van der Waals surface area (Å²) in [6, 6.07) is 7.71. The van der Waals surface area contributed by atoms with E-state index in [1.807, 2.05) is 52.0 Å². The van der Waals surface area contributed by atoms with Crippen molar-refractivity contribution in [2.45, 2.75) is 47.0 Å². The highest BCUT2D eigenvalue weighted by Crippen LogP contribution is 2.07. The van der Waals surface area contributed by atoms with E-state index >= 15 is 0 Å². The number of nitrogens with two attached hydrogens (primary N) is 1. The molecule has 0 aliphatic carbocycles. The van der Waals surface area contributed by atoms with Crippen molar-refractivity contribution in [3.05, 3.63) is 29.8 Å². The first kappa shape index (κ1) is 23.4. The molecule has 2 rings (SSSR count). The van der Waals surface area contributed by atoms with Crippen LogP contribution in [0, 0.1) is 0 Å². The van der Waals surface area contributed by atoms with Crippen molar-refractivity contribution in [1.82, 2.24) is 15.5 Å². The maximum absolute atomic E-state index is 11.8. The molecule has 1 aliphatic rings. The highest BCUT2D eigenvalue weighted by Gasteiger charge is 2.08. The van der Waals surface area contributed by atoms with E-state index in [9.17, 15) is 4.79 Å². The Morgan fingerprint density at radius 2 is 1.72 bits per heavy atom. The predicted molar refractivity (Wildman–Crippen MR) is 109 cm³/mol. The number of nitrogens with zero attached hydrogens (tertiary/aromatic N) is 1. The number of anilines is 1. The van der Waals surface area contributed by atoms with Gasteiger partial charge in [0.05, 0.1) is 0 Å². The molecule has 1 heterocycles. The number of hydrogen-bond donors (Lipinski definition) is 3. The molecule has 1 saturated heterocycles. The van der Waals surface area contributed by atoms with Gasteiger partial charge in [0.25, 0.3) is 0 Å². The molecular weight excluding hydrogens is 312 g/mol. The average molecular weight is 351 g/mol. The third-order valence-electron chi connectivity index (χ3n) is 3.80. The van der Waals surface area contributed by atoms with Crippen molar-refractivity contribution < 1.29 is 4.79 Å². The minimum Gasteiger partial charge on any atom is -0.399 e. The second-order valence-electron chi connectivity index (χ2n) is 5.54. The Balaban J connectivity index is 0.00000134. The normalized spacial score (nSPS) is 13.8. The van der Waals surface area contributed by atoms with E-state index in [4.69, 9.17) is 5.73 Å². The van der Waals surface area contributed by atoms with Crippen molar-refractivity contribution in [1.29, 1.82) is 0 Å². The molecular formula is C20H38N4O. The Morgan fingerprint density at radius 3 is 2.32 bits per heavy atom. The van der Waals surface area contributed by atoms with Crippen LogP contribution in [0.1, 0.15) is 46.1 Å². The number of piperazine rings is 1. The van der Waals surface area contributed by atoms with Crippen LogP contribution in [0.25, 0.3) is 0 Å². The smallest absolute Gasteiger partial charge is 0.220 e. The van der Waals surface area contributed by atoms with Gasteiger partial charge in [-0.05, 0) is 37.1 Å². The third kappa shape index (κ3) is 11.6. The van der Waals surface area contributed by atoms with Gasteiger partial charge in [-0.3, -0.25) is 4.79 Å². The molecule has 0 radical (unpaired) electrons. The number of carbonyl (C=O) groups excluding carboxylic acids is 1. The molecule has 4 N–H and O–H groups in total. The van der Waals surface area contributed by atoms with Crippen LogP contribution in [-0.4, -0.2) is 50.1 Å². The Morgan fingerprint density at radius 1 is 1.12 bits per heavy atom. The fourth-order valence-corrected chi connectivity index (χ4v) is 2.50. The maximum Gasteiger partial charge on any atom is 0.220 e. The molecule has 1 fully saturated rings. The first-order chi connectivity index (χ1) is 12.2. The van der Waals surface area contributed by atoms with Crippen LogP contribution < -0.4 is 16.4 Å². The monoisotopic (exact) mass is 350 g/mol. The molecule has 0 bridgehead atoms. The summed E-state index contributed by atoms with van der Waals surface area (Å²) in [6.07, 6.45) is 2.33. The van der Waals surface area contributed by atoms with E-state index in [1.54, 1.807) is 0 Å². The Labute approximate surface area is 154 Å². The number of hydrogen-bond acceptors (Lipinski definition) is 4. The summed E-state index contributed by atoms with van der Waals surface area (Å²) in [5.74, 6) is 0.132. The number of carbonyl (C=O) groups is 1. The molecule has 1 aromatic carbocycles. The second kappa shape index (κ2) is 15.9. The lowest BCUT2D eigenvalue weighted by Gasteiger charge is -2.27. The van der Waals surface area contributed by atoms with Gasteiger partial charge in [0.2, 0.25) is 5.91 Å². The van der Waals surface area contributed by atoms with E-state index in [1.165, 1.54) is 0 Å². The third-order valence-corrected chi connectivity index (χ3v) is 3.80. The van der Waals surface area contributed by atoms with Gasteiger partial charge >= 0.3 is 0 Å². The van der Waals surface area contributed by atoms with Crippen LogP contribution in [0.3, 0.4) is 0 Å². The zero-order valence-corrected chi connectivity index (χ0v) is 16.6. The summed E-state index contributed by atoms with van der Waals surface area (Å²) in [5.41, 5.74) is 7.55. The summed E-state index contributed by atoms with van der Waals surface area (Å²) < 4.78 is 0. The summed E-state index contributed by atoms with van der Waals surface area (Å²) in [6.45, 7) is 14.2. The van der Waals surface area contributed by atoms with Crippen LogP contribution in [0.2, 0.25) is 0 Å². The van der Waals surface area contributed by atoms with Gasteiger partial charge in [0.15, 0.2) is 0 Å². The molecule has 5 nitrogen and oxygen atoms in total. The number of amides is 1. The minimum atomic E-state index is 0.132. The fraction of sp³-hybridized carbons (Fsp3) is 0.650. The Kier molecular flexibility index (Phi) is 14.9. The largest absolute Gasteiger partial charge is 0.399 e. The summed E-state index contributed by atoms with van der Waals surface area (Å²) in [7, 11) is 0. The lowest BCUT2D eigenvalue weighted by Crippen LogP contribution is -2.44. The molecule has 1 amide bonds. The number of nitrogen functional groups attached to an aromatic ring is 1. The second-order valence-corrected chi connectivity index (χ2v) is 5.54. The molecule has 0 spiro atoms. The molecule has 25 heavy (non-hydrogen) atoms. The number of aryl methyl sites for hydroxylation is 1. The number of rotatable bonds is 7. The van der Waals surface area contributed by atoms with E-state index in [0.717, 1.165) is 63.4 Å². The molecule has 0 aromatic heterocycles. The zero-order chi connectivity index (χ0) is 18.9. The van der Waals surface area contributed by atoms with Gasteiger partial charge in [0.1, 0.15) is 0 Å². The Bertz CT molecular complexity index is 428. The van der Waals surface area contributed by atoms with E-state index in [2.05, 4.69) is 15.5 Å². The van der Waals surface area contributed by atoms with Gasteiger partial charge in [-0.1, -0.05) is 39.8 Å². The van der Waals surface area contributed by atoms with Crippen LogP contribution in [0.5, 0.6) is 0 Å². The van der Waals surface area contributed by atoms with Crippen molar-refractivity contribution in [3.63, 3.8) is 0 Å². The van der Waals surface area contributed by atoms with Gasteiger partial charge in [-0.2, -0.15) is 0 Å². The highest BCUT2D eigenvalue weighted by molar-refractivity contribution is 5.76. The molecule has 1 aromatic rings. The standard InChI is InChI=1S/C16H26N4O.2C2H6/c17-15-5-2-14(3-6-15)4-7-16(21)19-8-1-11-20-12-9-18-10-13-20;2*1-2/h2-3,5-6,18H,1,4,7-13,17H2,(H,19,21);2*1-2H3. The van der Waals surface area contributed by atoms with Crippen LogP contribution in [0.15, 0.2) is 24.3 Å². The fourth-order valence-electron chi connectivity index (χ4n) is 2.50. The SMILES string of the molecule is CC.CC.Nc1ccc(CCC(=O)NCCCN2CCNCC2)cc1. The van der Waals surface area contributed by atoms with E-state index in [-0.39, 0.29) is 5.91 Å². The lowest BCUT2D eigenvalue weighted by molar-refractivity contribution is -0.121. The number of nitrogens with one attached hydrogen (secondary N) is 2. The van der Waals surface area contributed by atoms with Crippen LogP contribution >= 0.6 is 0 Å². The van der Waals surface area contributed by atoms with Crippen LogP contribution in [0.4, 0.5) is 5.69 Å². The van der Waals surface area contributed by atoms with Crippen molar-refractivity contribution >= 4 is 11.6 Å². The molecule has 144 valence electrons. The van der Waals surface area contributed by atoms with Crippen molar-refractivity contribution in [2.24, 2.45) is 0 Å². The van der Waals surface area contributed by atoms with Gasteiger partial charge < -0.3 is 21.3 Å². The maximum atomic E-state index is 11.8. The predicted octanol–water partition coefficient (Wildman–Crippen LogP) is 2.67. The van der Waals surface area contributed by atoms with Gasteiger partial charge in [-0.15, -0.1) is 0 Å². The van der Waals surface area contributed by atoms with Gasteiger partial charge in [0, 0.05) is 44.8 Å². The topological polar surface area (TPSA) is 70.4 Å². The van der Waals surface area contributed by atoms with E-state index < -0.39 is 0 Å².